The number of carbonyl (C=O) groups is 1. The van der Waals surface area contributed by atoms with Crippen LogP contribution in [0, 0.1) is 0 Å². The summed E-state index contributed by atoms with van der Waals surface area (Å²) < 4.78 is 0. The van der Waals surface area contributed by atoms with Gasteiger partial charge in [0.05, 0.1) is 0 Å². The Bertz CT molecular complexity index is 149. The van der Waals surface area contributed by atoms with Crippen molar-refractivity contribution < 1.29 is 4.79 Å². The maximum Gasteiger partial charge on any atom is 0.210 e. The average Bonchev–Trinajstić information content (AvgIpc) is 2.01. The van der Waals surface area contributed by atoms with E-state index in [1.165, 1.54) is 0 Å². The van der Waals surface area contributed by atoms with Gasteiger partial charge in [0.1, 0.15) is 0 Å². The summed E-state index contributed by atoms with van der Waals surface area (Å²) in [6, 6.07) is 0.834. The van der Waals surface area contributed by atoms with Crippen molar-refractivity contribution in [2.75, 3.05) is 20.1 Å². The van der Waals surface area contributed by atoms with Gasteiger partial charge in [-0.25, -0.2) is 0 Å². The second-order valence-electron chi connectivity index (χ2n) is 3.31. The third-order valence-corrected chi connectivity index (χ3v) is 2.76. The Morgan fingerprint density at radius 3 is 2.45 bits per heavy atom. The van der Waals surface area contributed by atoms with Crippen LogP contribution in [0.3, 0.4) is 0 Å². The molecule has 3 nitrogen and oxygen atoms in total. The Balaban J connectivity index is 2.58. The number of carbonyl (C=O) groups excluding carboxylic acids is 1. The van der Waals surface area contributed by atoms with Crippen molar-refractivity contribution in [2.45, 2.75) is 25.9 Å². The normalized spacial score (nSPS) is 33.9. The lowest BCUT2D eigenvalue weighted by Crippen LogP contribution is -2.55. The van der Waals surface area contributed by atoms with Crippen LogP contribution in [0.1, 0.15) is 13.8 Å². The van der Waals surface area contributed by atoms with Gasteiger partial charge in [0.25, 0.3) is 0 Å². The molecule has 0 bridgehead atoms. The zero-order valence-corrected chi connectivity index (χ0v) is 7.45. The highest BCUT2D eigenvalue weighted by Gasteiger charge is 2.26. The van der Waals surface area contributed by atoms with Crippen LogP contribution in [0.15, 0.2) is 0 Å². The van der Waals surface area contributed by atoms with Crippen molar-refractivity contribution in [3.63, 3.8) is 0 Å². The summed E-state index contributed by atoms with van der Waals surface area (Å²) in [6.45, 7) is 6.10. The number of likely N-dealkylation sites (N-methyl/N-ethyl adjacent to an activating group) is 1. The first kappa shape index (κ1) is 8.53. The minimum atomic E-state index is 0.353. The van der Waals surface area contributed by atoms with E-state index in [4.69, 9.17) is 0 Å². The predicted molar refractivity (Wildman–Crippen MR) is 44.3 cm³/mol. The highest BCUT2D eigenvalue weighted by Crippen LogP contribution is 2.12. The van der Waals surface area contributed by atoms with Gasteiger partial charge < -0.3 is 4.90 Å². The molecule has 1 fully saturated rings. The zero-order valence-electron chi connectivity index (χ0n) is 7.45. The minimum Gasteiger partial charge on any atom is -0.340 e. The Morgan fingerprint density at radius 2 is 1.91 bits per heavy atom. The van der Waals surface area contributed by atoms with E-state index in [1.807, 2.05) is 4.90 Å². The standard InChI is InChI=1S/C8H16N2O/c1-7-8(2)10(6-11)5-4-9(7)3/h6-8H,4-5H2,1-3H3. The van der Waals surface area contributed by atoms with Crippen LogP contribution in [-0.4, -0.2) is 48.4 Å². The quantitative estimate of drug-likeness (QED) is 0.505. The molecule has 3 heteroatoms. The maximum absolute atomic E-state index is 10.5. The van der Waals surface area contributed by atoms with Gasteiger partial charge in [0, 0.05) is 25.2 Å². The second-order valence-corrected chi connectivity index (χ2v) is 3.31. The summed E-state index contributed by atoms with van der Waals surface area (Å²) in [6.07, 6.45) is 0.953. The summed E-state index contributed by atoms with van der Waals surface area (Å²) in [5.74, 6) is 0. The molecule has 0 aromatic rings. The third-order valence-electron chi connectivity index (χ3n) is 2.76. The molecule has 0 aromatic heterocycles. The highest BCUT2D eigenvalue weighted by atomic mass is 16.1. The highest BCUT2D eigenvalue weighted by molar-refractivity contribution is 5.48. The van der Waals surface area contributed by atoms with Gasteiger partial charge in [0.2, 0.25) is 6.41 Å². The molecular formula is C8H16N2O. The van der Waals surface area contributed by atoms with Crippen LogP contribution in [0.4, 0.5) is 0 Å². The molecule has 1 amide bonds. The van der Waals surface area contributed by atoms with Gasteiger partial charge in [-0.2, -0.15) is 0 Å². The summed E-state index contributed by atoms with van der Waals surface area (Å²) >= 11 is 0. The van der Waals surface area contributed by atoms with Crippen LogP contribution in [0.5, 0.6) is 0 Å². The van der Waals surface area contributed by atoms with E-state index >= 15 is 0 Å². The van der Waals surface area contributed by atoms with Crippen LogP contribution in [0.2, 0.25) is 0 Å². The smallest absolute Gasteiger partial charge is 0.210 e. The molecule has 1 saturated heterocycles. The number of rotatable bonds is 1. The number of nitrogens with zero attached hydrogens (tertiary/aromatic N) is 2. The van der Waals surface area contributed by atoms with Gasteiger partial charge in [-0.15, -0.1) is 0 Å². The SMILES string of the molecule is CC1C(C)N(C=O)CCN1C. The lowest BCUT2D eigenvalue weighted by atomic mass is 10.1. The van der Waals surface area contributed by atoms with E-state index in [2.05, 4.69) is 25.8 Å². The largest absolute Gasteiger partial charge is 0.340 e. The molecule has 0 saturated carbocycles. The molecule has 2 unspecified atom stereocenters. The predicted octanol–water partition coefficient (Wildman–Crippen LogP) is 0.167. The third kappa shape index (κ3) is 1.53. The minimum absolute atomic E-state index is 0.353. The Kier molecular flexibility index (Phi) is 2.49. The Hall–Kier alpha value is -0.570. The van der Waals surface area contributed by atoms with Crippen molar-refractivity contribution >= 4 is 6.41 Å². The second kappa shape index (κ2) is 3.22. The molecule has 64 valence electrons. The molecule has 0 radical (unpaired) electrons. The van der Waals surface area contributed by atoms with E-state index in [-0.39, 0.29) is 0 Å². The number of hydrogen-bond donors (Lipinski definition) is 0. The fourth-order valence-corrected chi connectivity index (χ4v) is 1.47. The first-order valence-electron chi connectivity index (χ1n) is 4.08. The van der Waals surface area contributed by atoms with Gasteiger partial charge in [-0.05, 0) is 20.9 Å². The molecule has 0 N–H and O–H groups in total. The van der Waals surface area contributed by atoms with Crippen LogP contribution < -0.4 is 0 Å². The molecule has 1 heterocycles. The van der Waals surface area contributed by atoms with Crippen molar-refractivity contribution in [1.29, 1.82) is 0 Å². The van der Waals surface area contributed by atoms with Crippen LogP contribution in [-0.2, 0) is 4.79 Å². The average molecular weight is 156 g/mol. The van der Waals surface area contributed by atoms with Gasteiger partial charge in [-0.3, -0.25) is 9.69 Å². The molecule has 0 aliphatic carbocycles. The van der Waals surface area contributed by atoms with E-state index < -0.39 is 0 Å². The lowest BCUT2D eigenvalue weighted by Gasteiger charge is -2.41. The monoisotopic (exact) mass is 156 g/mol. The van der Waals surface area contributed by atoms with Gasteiger partial charge in [-0.1, -0.05) is 0 Å². The van der Waals surface area contributed by atoms with E-state index in [0.29, 0.717) is 12.1 Å². The van der Waals surface area contributed by atoms with Crippen LogP contribution >= 0.6 is 0 Å². The maximum atomic E-state index is 10.5. The van der Waals surface area contributed by atoms with Crippen molar-refractivity contribution in [1.82, 2.24) is 9.80 Å². The number of piperazine rings is 1. The number of hydrogen-bond acceptors (Lipinski definition) is 2. The lowest BCUT2D eigenvalue weighted by molar-refractivity contribution is -0.123. The fraction of sp³-hybridized carbons (Fsp3) is 0.875. The summed E-state index contributed by atoms with van der Waals surface area (Å²) in [7, 11) is 2.10. The first-order valence-corrected chi connectivity index (χ1v) is 4.08. The van der Waals surface area contributed by atoms with Crippen LogP contribution in [0.25, 0.3) is 0 Å². The molecule has 2 atom stereocenters. The Morgan fingerprint density at radius 1 is 1.27 bits per heavy atom. The molecule has 0 aromatic carbocycles. The molecular weight excluding hydrogens is 140 g/mol. The molecule has 1 aliphatic rings. The van der Waals surface area contributed by atoms with Gasteiger partial charge >= 0.3 is 0 Å². The van der Waals surface area contributed by atoms with Crippen molar-refractivity contribution in [3.05, 3.63) is 0 Å². The van der Waals surface area contributed by atoms with Crippen molar-refractivity contribution in [2.24, 2.45) is 0 Å². The molecule has 1 rings (SSSR count). The van der Waals surface area contributed by atoms with E-state index in [9.17, 15) is 4.79 Å². The van der Waals surface area contributed by atoms with Gasteiger partial charge in [0.15, 0.2) is 0 Å². The topological polar surface area (TPSA) is 23.6 Å². The molecule has 1 aliphatic heterocycles. The molecule has 11 heavy (non-hydrogen) atoms. The van der Waals surface area contributed by atoms with E-state index in [0.717, 1.165) is 19.5 Å². The fourth-order valence-electron chi connectivity index (χ4n) is 1.47. The van der Waals surface area contributed by atoms with E-state index in [1.54, 1.807) is 0 Å². The summed E-state index contributed by atoms with van der Waals surface area (Å²) in [4.78, 5) is 14.7. The van der Waals surface area contributed by atoms with Crippen molar-refractivity contribution in [3.8, 4) is 0 Å². The summed E-state index contributed by atoms with van der Waals surface area (Å²) in [5.41, 5.74) is 0. The Labute approximate surface area is 68.0 Å². The first-order chi connectivity index (χ1) is 5.16. The zero-order chi connectivity index (χ0) is 8.43. The number of amides is 1. The molecule has 0 spiro atoms. The summed E-state index contributed by atoms with van der Waals surface area (Å²) in [5, 5.41) is 0.